The van der Waals surface area contributed by atoms with E-state index in [0.29, 0.717) is 6.42 Å². The van der Waals surface area contributed by atoms with Gasteiger partial charge in [0.15, 0.2) is 5.41 Å². The number of rotatable bonds is 1. The maximum absolute atomic E-state index is 9.26. The van der Waals surface area contributed by atoms with E-state index in [-0.39, 0.29) is 0 Å². The smallest absolute Gasteiger partial charge is 0.168 e. The Bertz CT molecular complexity index is 472. The molecule has 2 nitrogen and oxygen atoms in total. The van der Waals surface area contributed by atoms with Crippen LogP contribution in [0, 0.1) is 28.1 Å². The van der Waals surface area contributed by atoms with E-state index in [2.05, 4.69) is 12.1 Å². The molecule has 0 atom stereocenters. The largest absolute Gasteiger partial charge is 0.196 e. The maximum atomic E-state index is 9.26. The van der Waals surface area contributed by atoms with E-state index in [1.54, 1.807) is 0 Å². The summed E-state index contributed by atoms with van der Waals surface area (Å²) < 4.78 is 0. The van der Waals surface area contributed by atoms with Crippen molar-refractivity contribution >= 4 is 5.57 Å². The molecule has 0 saturated carbocycles. The quantitative estimate of drug-likeness (QED) is 0.711. The van der Waals surface area contributed by atoms with Crippen molar-refractivity contribution in [1.29, 1.82) is 10.5 Å². The summed E-state index contributed by atoms with van der Waals surface area (Å²) >= 11 is 0. The molecule has 1 aromatic rings. The first-order valence-electron chi connectivity index (χ1n) is 5.41. The van der Waals surface area contributed by atoms with Gasteiger partial charge in [0.2, 0.25) is 0 Å². The van der Waals surface area contributed by atoms with E-state index >= 15 is 0 Å². The van der Waals surface area contributed by atoms with Crippen LogP contribution in [0.3, 0.4) is 0 Å². The Kier molecular flexibility index (Phi) is 2.75. The van der Waals surface area contributed by atoms with Crippen molar-refractivity contribution in [2.45, 2.75) is 19.3 Å². The van der Waals surface area contributed by atoms with Gasteiger partial charge < -0.3 is 0 Å². The number of allylic oxidation sites excluding steroid dienone is 2. The van der Waals surface area contributed by atoms with Crippen LogP contribution < -0.4 is 0 Å². The zero-order valence-electron chi connectivity index (χ0n) is 8.98. The van der Waals surface area contributed by atoms with Gasteiger partial charge in [-0.1, -0.05) is 36.4 Å². The molecule has 78 valence electrons. The van der Waals surface area contributed by atoms with Crippen molar-refractivity contribution < 1.29 is 0 Å². The van der Waals surface area contributed by atoms with E-state index in [1.165, 1.54) is 0 Å². The molecular weight excluding hydrogens is 196 g/mol. The number of benzene rings is 1. The van der Waals surface area contributed by atoms with Crippen LogP contribution in [0.2, 0.25) is 0 Å². The maximum Gasteiger partial charge on any atom is 0.168 e. The monoisotopic (exact) mass is 208 g/mol. The summed E-state index contributed by atoms with van der Waals surface area (Å²) in [6.07, 6.45) is 4.54. The van der Waals surface area contributed by atoms with Gasteiger partial charge in [-0.3, -0.25) is 0 Å². The summed E-state index contributed by atoms with van der Waals surface area (Å²) in [6, 6.07) is 14.1. The minimum atomic E-state index is -0.945. The predicted octanol–water partition coefficient (Wildman–Crippen LogP) is 3.29. The lowest BCUT2D eigenvalue weighted by Crippen LogP contribution is -2.21. The minimum absolute atomic E-state index is 0.640. The highest BCUT2D eigenvalue weighted by Crippen LogP contribution is 2.42. The number of nitriles is 2. The molecule has 16 heavy (non-hydrogen) atoms. The molecule has 1 aliphatic carbocycles. The SMILES string of the molecule is N#CC1(C#N)CCCC=C1c1ccccc1. The fourth-order valence-corrected chi connectivity index (χ4v) is 2.16. The van der Waals surface area contributed by atoms with E-state index < -0.39 is 5.41 Å². The van der Waals surface area contributed by atoms with Crippen LogP contribution >= 0.6 is 0 Å². The van der Waals surface area contributed by atoms with Crippen molar-refractivity contribution in [3.8, 4) is 12.1 Å². The van der Waals surface area contributed by atoms with Crippen molar-refractivity contribution in [3.63, 3.8) is 0 Å². The van der Waals surface area contributed by atoms with Gasteiger partial charge in [-0.2, -0.15) is 10.5 Å². The second kappa shape index (κ2) is 4.21. The molecule has 0 bridgehead atoms. The third kappa shape index (κ3) is 1.59. The second-order valence-electron chi connectivity index (χ2n) is 4.00. The molecule has 0 unspecified atom stereocenters. The fourth-order valence-electron chi connectivity index (χ4n) is 2.16. The Morgan fingerprint density at radius 3 is 2.38 bits per heavy atom. The standard InChI is InChI=1S/C14H12N2/c15-10-14(11-16)9-5-4-8-13(14)12-6-2-1-3-7-12/h1-3,6-8H,4-5,9H2. The van der Waals surface area contributed by atoms with Crippen LogP contribution in [0.25, 0.3) is 5.57 Å². The zero-order valence-corrected chi connectivity index (χ0v) is 8.98. The van der Waals surface area contributed by atoms with Gasteiger partial charge in [-0.25, -0.2) is 0 Å². The lowest BCUT2D eigenvalue weighted by molar-refractivity contribution is 0.556. The molecule has 0 fully saturated rings. The van der Waals surface area contributed by atoms with Crippen LogP contribution in [0.1, 0.15) is 24.8 Å². The molecule has 0 heterocycles. The molecule has 1 aromatic carbocycles. The number of nitrogens with zero attached hydrogens (tertiary/aromatic N) is 2. The Labute approximate surface area is 95.4 Å². The minimum Gasteiger partial charge on any atom is -0.196 e. The van der Waals surface area contributed by atoms with Crippen molar-refractivity contribution in [2.75, 3.05) is 0 Å². The predicted molar refractivity (Wildman–Crippen MR) is 61.9 cm³/mol. The van der Waals surface area contributed by atoms with E-state index in [9.17, 15) is 10.5 Å². The topological polar surface area (TPSA) is 47.6 Å². The van der Waals surface area contributed by atoms with Crippen LogP contribution in [0.15, 0.2) is 36.4 Å². The highest BCUT2D eigenvalue weighted by molar-refractivity contribution is 5.76. The molecular formula is C14H12N2. The van der Waals surface area contributed by atoms with Gasteiger partial charge in [0.05, 0.1) is 12.1 Å². The zero-order chi connectivity index (χ0) is 11.4. The average molecular weight is 208 g/mol. The highest BCUT2D eigenvalue weighted by atomic mass is 14.4. The third-order valence-electron chi connectivity index (χ3n) is 3.03. The summed E-state index contributed by atoms with van der Waals surface area (Å²) in [5.41, 5.74) is 0.925. The molecule has 0 spiro atoms. The van der Waals surface area contributed by atoms with Crippen molar-refractivity contribution in [3.05, 3.63) is 42.0 Å². The molecule has 0 radical (unpaired) electrons. The van der Waals surface area contributed by atoms with Crippen LogP contribution in [-0.4, -0.2) is 0 Å². The lowest BCUT2D eigenvalue weighted by Gasteiger charge is -2.26. The van der Waals surface area contributed by atoms with Crippen molar-refractivity contribution in [2.24, 2.45) is 5.41 Å². The molecule has 1 aliphatic rings. The number of hydrogen-bond donors (Lipinski definition) is 0. The summed E-state index contributed by atoms with van der Waals surface area (Å²) in [7, 11) is 0. The summed E-state index contributed by atoms with van der Waals surface area (Å²) in [5.74, 6) is 0. The second-order valence-corrected chi connectivity index (χ2v) is 4.00. The van der Waals surface area contributed by atoms with Gasteiger partial charge >= 0.3 is 0 Å². The molecule has 0 aliphatic heterocycles. The highest BCUT2D eigenvalue weighted by Gasteiger charge is 2.36. The first-order valence-corrected chi connectivity index (χ1v) is 5.41. The molecule has 0 N–H and O–H groups in total. The molecule has 2 rings (SSSR count). The summed E-state index contributed by atoms with van der Waals surface area (Å²) in [5, 5.41) is 18.5. The van der Waals surface area contributed by atoms with Crippen molar-refractivity contribution in [1.82, 2.24) is 0 Å². The van der Waals surface area contributed by atoms with E-state index in [0.717, 1.165) is 24.0 Å². The van der Waals surface area contributed by atoms with Gasteiger partial charge in [0, 0.05) is 0 Å². The van der Waals surface area contributed by atoms with Gasteiger partial charge in [-0.15, -0.1) is 0 Å². The number of hydrogen-bond acceptors (Lipinski definition) is 2. The van der Waals surface area contributed by atoms with Crippen LogP contribution in [0.5, 0.6) is 0 Å². The summed E-state index contributed by atoms with van der Waals surface area (Å²) in [6.45, 7) is 0. The Morgan fingerprint density at radius 2 is 1.75 bits per heavy atom. The fraction of sp³-hybridized carbons (Fsp3) is 0.286. The Morgan fingerprint density at radius 1 is 1.06 bits per heavy atom. The van der Waals surface area contributed by atoms with E-state index in [4.69, 9.17) is 0 Å². The van der Waals surface area contributed by atoms with Crippen LogP contribution in [0.4, 0.5) is 0 Å². The van der Waals surface area contributed by atoms with Gasteiger partial charge in [0.1, 0.15) is 0 Å². The average Bonchev–Trinajstić information content (AvgIpc) is 2.39. The molecule has 0 amide bonds. The van der Waals surface area contributed by atoms with Crippen LogP contribution in [-0.2, 0) is 0 Å². The first kappa shape index (κ1) is 10.5. The summed E-state index contributed by atoms with van der Waals surface area (Å²) in [4.78, 5) is 0. The molecule has 2 heteroatoms. The molecule has 0 aromatic heterocycles. The normalized spacial score (nSPS) is 18.0. The van der Waals surface area contributed by atoms with E-state index in [1.807, 2.05) is 36.4 Å². The Balaban J connectivity index is 2.51. The lowest BCUT2D eigenvalue weighted by atomic mass is 9.72. The van der Waals surface area contributed by atoms with Gasteiger partial charge in [0.25, 0.3) is 0 Å². The third-order valence-corrected chi connectivity index (χ3v) is 3.03. The first-order chi connectivity index (χ1) is 7.82. The Hall–Kier alpha value is -2.06. The van der Waals surface area contributed by atoms with Gasteiger partial charge in [-0.05, 0) is 30.4 Å². The molecule has 0 saturated heterocycles.